The van der Waals surface area contributed by atoms with Crippen molar-refractivity contribution in [3.05, 3.63) is 33.7 Å². The predicted octanol–water partition coefficient (Wildman–Crippen LogP) is 0.223. The lowest BCUT2D eigenvalue weighted by Crippen LogP contribution is -2.40. The summed E-state index contributed by atoms with van der Waals surface area (Å²) in [6.45, 7) is 0.398. The second-order valence-corrected chi connectivity index (χ2v) is 5.62. The molecule has 0 radical (unpaired) electrons. The molecule has 2 aromatic rings. The molecule has 1 amide bonds. The van der Waals surface area contributed by atoms with Crippen LogP contribution in [0.1, 0.15) is 23.2 Å². The first-order chi connectivity index (χ1) is 9.16. The third-order valence-corrected chi connectivity index (χ3v) is 4.08. The molecule has 19 heavy (non-hydrogen) atoms. The quantitative estimate of drug-likeness (QED) is 0.837. The number of nitrogens with one attached hydrogen (secondary N) is 1. The molecule has 0 saturated heterocycles. The van der Waals surface area contributed by atoms with E-state index in [1.807, 2.05) is 0 Å². The molecule has 100 valence electrons. The van der Waals surface area contributed by atoms with Gasteiger partial charge in [-0.1, -0.05) is 0 Å². The lowest BCUT2D eigenvalue weighted by Gasteiger charge is -2.11. The Morgan fingerprint density at radius 1 is 1.63 bits per heavy atom. The van der Waals surface area contributed by atoms with Crippen molar-refractivity contribution in [3.8, 4) is 0 Å². The zero-order valence-electron chi connectivity index (χ0n) is 10.2. The predicted molar refractivity (Wildman–Crippen MR) is 72.4 cm³/mol. The van der Waals surface area contributed by atoms with Crippen LogP contribution in [-0.4, -0.2) is 27.9 Å². The van der Waals surface area contributed by atoms with E-state index in [0.29, 0.717) is 17.4 Å². The minimum Gasteiger partial charge on any atom is -0.350 e. The van der Waals surface area contributed by atoms with Gasteiger partial charge < -0.3 is 11.1 Å². The van der Waals surface area contributed by atoms with Crippen molar-refractivity contribution in [2.24, 2.45) is 11.7 Å². The van der Waals surface area contributed by atoms with Gasteiger partial charge in [-0.2, -0.15) is 0 Å². The smallest absolute Gasteiger partial charge is 0.271 e. The summed E-state index contributed by atoms with van der Waals surface area (Å²) < 4.78 is 1.38. The molecule has 0 aliphatic heterocycles. The maximum Gasteiger partial charge on any atom is 0.271 e. The van der Waals surface area contributed by atoms with E-state index in [2.05, 4.69) is 10.3 Å². The molecule has 3 rings (SSSR count). The van der Waals surface area contributed by atoms with Gasteiger partial charge in [-0.3, -0.25) is 14.0 Å². The molecule has 1 unspecified atom stereocenters. The average Bonchev–Trinajstić information content (AvgIpc) is 3.14. The summed E-state index contributed by atoms with van der Waals surface area (Å²) in [6, 6.07) is -0.0236. The summed E-state index contributed by atoms with van der Waals surface area (Å²) >= 11 is 1.35. The van der Waals surface area contributed by atoms with Crippen molar-refractivity contribution in [1.29, 1.82) is 0 Å². The first-order valence-electron chi connectivity index (χ1n) is 6.15. The number of rotatable bonds is 4. The van der Waals surface area contributed by atoms with Crippen LogP contribution in [0.2, 0.25) is 0 Å². The molecule has 1 saturated carbocycles. The molecular weight excluding hydrogens is 264 g/mol. The lowest BCUT2D eigenvalue weighted by molar-refractivity contribution is 0.0948. The monoisotopic (exact) mass is 278 g/mol. The van der Waals surface area contributed by atoms with Crippen LogP contribution in [0, 0.1) is 5.92 Å². The van der Waals surface area contributed by atoms with Gasteiger partial charge in [-0.15, -0.1) is 11.3 Å². The highest BCUT2D eigenvalue weighted by Gasteiger charge is 2.28. The van der Waals surface area contributed by atoms with Gasteiger partial charge in [-0.05, 0) is 18.8 Å². The van der Waals surface area contributed by atoms with Crippen LogP contribution in [0.15, 0.2) is 22.6 Å². The normalized spacial score (nSPS) is 16.5. The van der Waals surface area contributed by atoms with E-state index in [1.165, 1.54) is 21.9 Å². The molecule has 2 heterocycles. The molecule has 7 heteroatoms. The summed E-state index contributed by atoms with van der Waals surface area (Å²) in [7, 11) is 0. The fourth-order valence-electron chi connectivity index (χ4n) is 1.98. The van der Waals surface area contributed by atoms with Crippen molar-refractivity contribution in [2.75, 3.05) is 6.54 Å². The molecule has 1 aliphatic carbocycles. The van der Waals surface area contributed by atoms with Gasteiger partial charge in [0.05, 0.1) is 0 Å². The highest BCUT2D eigenvalue weighted by atomic mass is 32.1. The molecular formula is C12H14N4O2S. The Hall–Kier alpha value is -1.73. The van der Waals surface area contributed by atoms with Crippen LogP contribution in [0.3, 0.4) is 0 Å². The maximum absolute atomic E-state index is 12.1. The Bertz CT molecular complexity index is 674. The van der Waals surface area contributed by atoms with Crippen molar-refractivity contribution >= 4 is 22.2 Å². The number of aromatic nitrogens is 2. The Labute approximate surface area is 113 Å². The molecule has 6 nitrogen and oxygen atoms in total. The SMILES string of the molecule is NC(CNC(=O)c1cnc2sccn2c1=O)C1CC1. The van der Waals surface area contributed by atoms with E-state index in [1.54, 1.807) is 11.6 Å². The lowest BCUT2D eigenvalue weighted by atomic mass is 10.2. The highest BCUT2D eigenvalue weighted by Crippen LogP contribution is 2.31. The highest BCUT2D eigenvalue weighted by molar-refractivity contribution is 7.15. The van der Waals surface area contributed by atoms with Crippen molar-refractivity contribution in [2.45, 2.75) is 18.9 Å². The largest absolute Gasteiger partial charge is 0.350 e. The Kier molecular flexibility index (Phi) is 3.08. The molecule has 0 spiro atoms. The molecule has 1 aliphatic rings. The first kappa shape index (κ1) is 12.3. The van der Waals surface area contributed by atoms with E-state index in [0.717, 1.165) is 12.8 Å². The minimum atomic E-state index is -0.408. The molecule has 0 aromatic carbocycles. The van der Waals surface area contributed by atoms with Crippen molar-refractivity contribution < 1.29 is 4.79 Å². The number of nitrogens with two attached hydrogens (primary N) is 1. The summed E-state index contributed by atoms with van der Waals surface area (Å²) in [4.78, 5) is 28.7. The van der Waals surface area contributed by atoms with Crippen molar-refractivity contribution in [3.63, 3.8) is 0 Å². The van der Waals surface area contributed by atoms with Crippen LogP contribution < -0.4 is 16.6 Å². The van der Waals surface area contributed by atoms with Crippen LogP contribution in [0.5, 0.6) is 0 Å². The number of nitrogens with zero attached hydrogens (tertiary/aromatic N) is 2. The third kappa shape index (κ3) is 2.39. The number of hydrogen-bond acceptors (Lipinski definition) is 5. The first-order valence-corrected chi connectivity index (χ1v) is 7.03. The summed E-state index contributed by atoms with van der Waals surface area (Å²) in [5, 5.41) is 4.46. The van der Waals surface area contributed by atoms with Gasteiger partial charge in [0.2, 0.25) is 0 Å². The van der Waals surface area contributed by atoms with E-state index < -0.39 is 5.91 Å². The van der Waals surface area contributed by atoms with E-state index in [9.17, 15) is 9.59 Å². The van der Waals surface area contributed by atoms with Gasteiger partial charge in [0.1, 0.15) is 5.56 Å². The number of carbonyl (C=O) groups excluding carboxylic acids is 1. The Morgan fingerprint density at radius 3 is 3.16 bits per heavy atom. The number of carbonyl (C=O) groups is 1. The molecule has 3 N–H and O–H groups in total. The molecule has 1 atom stereocenters. The standard InChI is InChI=1S/C12H14N4O2S/c13-9(7-1-2-7)6-14-10(17)8-5-15-12-16(11(8)18)3-4-19-12/h3-5,7,9H,1-2,6,13H2,(H,14,17). The van der Waals surface area contributed by atoms with Gasteiger partial charge in [0, 0.05) is 30.4 Å². The van der Waals surface area contributed by atoms with Crippen LogP contribution in [0.4, 0.5) is 0 Å². The topological polar surface area (TPSA) is 89.5 Å². The Morgan fingerprint density at radius 2 is 2.42 bits per heavy atom. The van der Waals surface area contributed by atoms with Gasteiger partial charge in [-0.25, -0.2) is 4.98 Å². The average molecular weight is 278 g/mol. The minimum absolute atomic E-state index is 0.0236. The number of amides is 1. The van der Waals surface area contributed by atoms with E-state index in [4.69, 9.17) is 5.73 Å². The van der Waals surface area contributed by atoms with Gasteiger partial charge >= 0.3 is 0 Å². The summed E-state index contributed by atoms with van der Waals surface area (Å²) in [6.07, 6.45) is 5.19. The number of hydrogen-bond donors (Lipinski definition) is 2. The van der Waals surface area contributed by atoms with Gasteiger partial charge in [0.25, 0.3) is 11.5 Å². The number of thiazole rings is 1. The van der Waals surface area contributed by atoms with Crippen molar-refractivity contribution in [1.82, 2.24) is 14.7 Å². The fraction of sp³-hybridized carbons (Fsp3) is 0.417. The zero-order valence-corrected chi connectivity index (χ0v) is 11.0. The fourth-order valence-corrected chi connectivity index (χ4v) is 2.65. The van der Waals surface area contributed by atoms with E-state index in [-0.39, 0.29) is 17.2 Å². The molecule has 2 aromatic heterocycles. The second kappa shape index (κ2) is 4.75. The molecule has 1 fully saturated rings. The second-order valence-electron chi connectivity index (χ2n) is 4.74. The van der Waals surface area contributed by atoms with Gasteiger partial charge in [0.15, 0.2) is 4.96 Å². The van der Waals surface area contributed by atoms with Crippen LogP contribution >= 0.6 is 11.3 Å². The molecule has 0 bridgehead atoms. The summed E-state index contributed by atoms with van der Waals surface area (Å²) in [5.41, 5.74) is 5.62. The van der Waals surface area contributed by atoms with E-state index >= 15 is 0 Å². The third-order valence-electron chi connectivity index (χ3n) is 3.31. The Balaban J connectivity index is 1.77. The zero-order chi connectivity index (χ0) is 13.4. The maximum atomic E-state index is 12.1. The van der Waals surface area contributed by atoms with Crippen LogP contribution in [-0.2, 0) is 0 Å². The van der Waals surface area contributed by atoms with Crippen LogP contribution in [0.25, 0.3) is 4.96 Å². The number of fused-ring (bicyclic) bond motifs is 1. The summed E-state index contributed by atoms with van der Waals surface area (Å²) in [5.74, 6) is 0.105.